The molecule has 0 aliphatic heterocycles. The highest BCUT2D eigenvalue weighted by atomic mass is 19.1. The van der Waals surface area contributed by atoms with Gasteiger partial charge in [-0.3, -0.25) is 4.79 Å². The summed E-state index contributed by atoms with van der Waals surface area (Å²) in [6, 6.07) is 4.01. The Morgan fingerprint density at radius 2 is 1.94 bits per heavy atom. The molecule has 5 heteroatoms. The van der Waals surface area contributed by atoms with Crippen LogP contribution >= 0.6 is 0 Å². The molecule has 1 rings (SSSR count). The highest BCUT2D eigenvalue weighted by Crippen LogP contribution is 2.13. The van der Waals surface area contributed by atoms with Crippen molar-refractivity contribution in [3.8, 4) is 0 Å². The van der Waals surface area contributed by atoms with E-state index >= 15 is 0 Å². The Labute approximate surface area is 101 Å². The van der Waals surface area contributed by atoms with Gasteiger partial charge in [-0.25, -0.2) is 4.39 Å². The number of anilines is 1. The third-order valence-electron chi connectivity index (χ3n) is 2.45. The van der Waals surface area contributed by atoms with Crippen LogP contribution in [0.15, 0.2) is 18.2 Å². The smallest absolute Gasteiger partial charge is 0.256 e. The van der Waals surface area contributed by atoms with Crippen LogP contribution in [0.2, 0.25) is 0 Å². The van der Waals surface area contributed by atoms with Gasteiger partial charge >= 0.3 is 0 Å². The van der Waals surface area contributed by atoms with Gasteiger partial charge in [-0.1, -0.05) is 0 Å². The summed E-state index contributed by atoms with van der Waals surface area (Å²) in [5.74, 6) is -0.891. The first-order chi connectivity index (χ1) is 7.91. The van der Waals surface area contributed by atoms with Crippen molar-refractivity contribution in [2.24, 2.45) is 0 Å². The van der Waals surface area contributed by atoms with Crippen LogP contribution in [-0.2, 0) is 0 Å². The third-order valence-corrected chi connectivity index (χ3v) is 2.45. The lowest BCUT2D eigenvalue weighted by Crippen LogP contribution is -2.34. The summed E-state index contributed by atoms with van der Waals surface area (Å²) in [7, 11) is 5.48. The number of amides is 1. The molecule has 0 spiro atoms. The van der Waals surface area contributed by atoms with Crippen LogP contribution in [0.5, 0.6) is 0 Å². The minimum absolute atomic E-state index is 0.0197. The van der Waals surface area contributed by atoms with E-state index in [2.05, 4.69) is 0 Å². The molecule has 1 aromatic carbocycles. The second-order valence-electron chi connectivity index (χ2n) is 4.27. The van der Waals surface area contributed by atoms with Crippen molar-refractivity contribution in [2.45, 2.75) is 0 Å². The molecule has 0 heterocycles. The lowest BCUT2D eigenvalue weighted by Gasteiger charge is -2.20. The van der Waals surface area contributed by atoms with E-state index in [0.717, 1.165) is 6.54 Å². The Bertz CT molecular complexity index is 407. The van der Waals surface area contributed by atoms with Gasteiger partial charge in [0.15, 0.2) is 0 Å². The summed E-state index contributed by atoms with van der Waals surface area (Å²) in [5.41, 5.74) is 5.95. The lowest BCUT2D eigenvalue weighted by molar-refractivity contribution is 0.0781. The molecule has 0 atom stereocenters. The highest BCUT2D eigenvalue weighted by molar-refractivity contribution is 5.95. The number of nitrogen functional groups attached to an aromatic ring is 1. The van der Waals surface area contributed by atoms with Gasteiger partial charge in [0.25, 0.3) is 5.91 Å². The number of carbonyl (C=O) groups is 1. The van der Waals surface area contributed by atoms with Crippen molar-refractivity contribution in [2.75, 3.05) is 40.0 Å². The van der Waals surface area contributed by atoms with Crippen LogP contribution in [0.25, 0.3) is 0 Å². The maximum Gasteiger partial charge on any atom is 0.256 e. The van der Waals surface area contributed by atoms with Crippen LogP contribution in [0.3, 0.4) is 0 Å². The van der Waals surface area contributed by atoms with E-state index in [1.807, 2.05) is 19.0 Å². The van der Waals surface area contributed by atoms with Crippen LogP contribution in [0.1, 0.15) is 10.4 Å². The molecular weight excluding hydrogens is 221 g/mol. The zero-order valence-electron chi connectivity index (χ0n) is 10.4. The summed E-state index contributed by atoms with van der Waals surface area (Å²) in [6.45, 7) is 1.27. The summed E-state index contributed by atoms with van der Waals surface area (Å²) < 4.78 is 13.5. The minimum Gasteiger partial charge on any atom is -0.399 e. The molecule has 0 radical (unpaired) electrons. The number of nitrogens with zero attached hydrogens (tertiary/aromatic N) is 2. The number of halogens is 1. The molecule has 1 amide bonds. The second-order valence-corrected chi connectivity index (χ2v) is 4.27. The average Bonchev–Trinajstić information content (AvgIpc) is 2.28. The van der Waals surface area contributed by atoms with Crippen LogP contribution < -0.4 is 5.73 Å². The van der Waals surface area contributed by atoms with Gasteiger partial charge in [0.05, 0.1) is 5.56 Å². The number of hydrogen-bond acceptors (Lipinski definition) is 3. The number of likely N-dealkylation sites (N-methyl/N-ethyl adjacent to an activating group) is 2. The molecule has 0 unspecified atom stereocenters. The van der Waals surface area contributed by atoms with Crippen LogP contribution in [0.4, 0.5) is 10.1 Å². The molecule has 0 aliphatic carbocycles. The predicted molar refractivity (Wildman–Crippen MR) is 66.3 cm³/mol. The summed E-state index contributed by atoms with van der Waals surface area (Å²) >= 11 is 0. The van der Waals surface area contributed by atoms with E-state index in [4.69, 9.17) is 5.73 Å². The summed E-state index contributed by atoms with van der Waals surface area (Å²) in [4.78, 5) is 15.4. The van der Waals surface area contributed by atoms with Crippen molar-refractivity contribution in [3.63, 3.8) is 0 Å². The fourth-order valence-electron chi connectivity index (χ4n) is 1.36. The van der Waals surface area contributed by atoms with Crippen molar-refractivity contribution < 1.29 is 9.18 Å². The first kappa shape index (κ1) is 13.4. The molecule has 0 aliphatic rings. The zero-order chi connectivity index (χ0) is 13.0. The van der Waals surface area contributed by atoms with Crippen molar-refractivity contribution in [1.82, 2.24) is 9.80 Å². The van der Waals surface area contributed by atoms with Crippen molar-refractivity contribution in [1.29, 1.82) is 0 Å². The first-order valence-electron chi connectivity index (χ1n) is 5.37. The van der Waals surface area contributed by atoms with E-state index in [1.54, 1.807) is 7.05 Å². The number of rotatable bonds is 4. The molecule has 1 aromatic rings. The molecule has 0 saturated carbocycles. The highest BCUT2D eigenvalue weighted by Gasteiger charge is 2.16. The number of carbonyl (C=O) groups excluding carboxylic acids is 1. The summed E-state index contributed by atoms with van der Waals surface area (Å²) in [5, 5.41) is 0. The van der Waals surface area contributed by atoms with E-state index in [9.17, 15) is 9.18 Å². The lowest BCUT2D eigenvalue weighted by atomic mass is 10.1. The van der Waals surface area contributed by atoms with Gasteiger partial charge in [0, 0.05) is 25.8 Å². The third kappa shape index (κ3) is 3.71. The number of benzene rings is 1. The van der Waals surface area contributed by atoms with Gasteiger partial charge in [-0.15, -0.1) is 0 Å². The van der Waals surface area contributed by atoms with Gasteiger partial charge in [-0.2, -0.15) is 0 Å². The molecular formula is C12H18FN3O. The Hall–Kier alpha value is -1.62. The maximum absolute atomic E-state index is 13.5. The van der Waals surface area contributed by atoms with Crippen LogP contribution in [-0.4, -0.2) is 49.9 Å². The zero-order valence-corrected chi connectivity index (χ0v) is 10.4. The normalized spacial score (nSPS) is 10.6. The quantitative estimate of drug-likeness (QED) is 0.799. The van der Waals surface area contributed by atoms with Gasteiger partial charge in [-0.05, 0) is 32.3 Å². The number of nitrogens with two attached hydrogens (primary N) is 1. The van der Waals surface area contributed by atoms with Crippen molar-refractivity contribution in [3.05, 3.63) is 29.6 Å². The predicted octanol–water partition coefficient (Wildman–Crippen LogP) is 1.04. The topological polar surface area (TPSA) is 49.6 Å². The first-order valence-corrected chi connectivity index (χ1v) is 5.37. The Balaban J connectivity index is 2.78. The second kappa shape index (κ2) is 5.63. The summed E-state index contributed by atoms with van der Waals surface area (Å²) in [6.07, 6.45) is 0. The number of hydrogen-bond donors (Lipinski definition) is 1. The fraction of sp³-hybridized carbons (Fsp3) is 0.417. The Morgan fingerprint density at radius 3 is 2.53 bits per heavy atom. The van der Waals surface area contributed by atoms with E-state index in [0.29, 0.717) is 12.2 Å². The minimum atomic E-state index is -0.541. The largest absolute Gasteiger partial charge is 0.399 e. The standard InChI is InChI=1S/C12H18FN3O/c1-15(2)6-7-16(3)12(17)10-8-9(14)4-5-11(10)13/h4-5,8H,6-7,14H2,1-3H3. The van der Waals surface area contributed by atoms with E-state index in [-0.39, 0.29) is 11.5 Å². The molecule has 0 bridgehead atoms. The van der Waals surface area contributed by atoms with E-state index in [1.165, 1.54) is 23.1 Å². The Morgan fingerprint density at radius 1 is 1.29 bits per heavy atom. The average molecular weight is 239 g/mol. The molecule has 2 N–H and O–H groups in total. The monoisotopic (exact) mass is 239 g/mol. The molecule has 94 valence electrons. The molecule has 17 heavy (non-hydrogen) atoms. The van der Waals surface area contributed by atoms with Gasteiger partial charge < -0.3 is 15.5 Å². The molecule has 0 saturated heterocycles. The molecule has 0 fully saturated rings. The van der Waals surface area contributed by atoms with Crippen LogP contribution in [0, 0.1) is 5.82 Å². The maximum atomic E-state index is 13.5. The Kier molecular flexibility index (Phi) is 4.45. The fourth-order valence-corrected chi connectivity index (χ4v) is 1.36. The van der Waals surface area contributed by atoms with Gasteiger partial charge in [0.1, 0.15) is 5.82 Å². The van der Waals surface area contributed by atoms with E-state index < -0.39 is 5.82 Å². The molecule has 4 nitrogen and oxygen atoms in total. The molecule has 0 aromatic heterocycles. The van der Waals surface area contributed by atoms with Gasteiger partial charge in [0.2, 0.25) is 0 Å². The SMILES string of the molecule is CN(C)CCN(C)C(=O)c1cc(N)ccc1F. The van der Waals surface area contributed by atoms with Crippen molar-refractivity contribution >= 4 is 11.6 Å².